The summed E-state index contributed by atoms with van der Waals surface area (Å²) in [6, 6.07) is 10.5. The van der Waals surface area contributed by atoms with Crippen LogP contribution in [0.2, 0.25) is 5.02 Å². The van der Waals surface area contributed by atoms with Crippen LogP contribution in [0.15, 0.2) is 36.4 Å². The highest BCUT2D eigenvalue weighted by molar-refractivity contribution is 7.89. The molecule has 1 N–H and O–H groups in total. The molecule has 1 atom stereocenters. The lowest BCUT2D eigenvalue weighted by atomic mass is 10.0. The predicted molar refractivity (Wildman–Crippen MR) is 132 cm³/mol. The van der Waals surface area contributed by atoms with E-state index in [-0.39, 0.29) is 43.6 Å². The van der Waals surface area contributed by atoms with Crippen molar-refractivity contribution in [3.05, 3.63) is 52.5 Å². The predicted octanol–water partition coefficient (Wildman–Crippen LogP) is 2.21. The van der Waals surface area contributed by atoms with Gasteiger partial charge in [-0.25, -0.2) is 8.42 Å². The number of methoxy groups -OCH3 is 2. The molecule has 2 aromatic carbocycles. The van der Waals surface area contributed by atoms with Gasteiger partial charge in [-0.15, -0.1) is 0 Å². The molecule has 0 saturated carbocycles. The maximum absolute atomic E-state index is 12.9. The third-order valence-electron chi connectivity index (χ3n) is 6.37. The summed E-state index contributed by atoms with van der Waals surface area (Å²) < 4.78 is 38.0. The topological polar surface area (TPSA) is 105 Å². The molecule has 0 aliphatic carbocycles. The number of anilines is 1. The number of benzene rings is 2. The molecule has 2 aliphatic rings. The van der Waals surface area contributed by atoms with Gasteiger partial charge in [0, 0.05) is 43.3 Å². The molecular formula is C24H28ClN3O6S. The molecule has 11 heteroatoms. The van der Waals surface area contributed by atoms with Crippen LogP contribution >= 0.6 is 11.6 Å². The van der Waals surface area contributed by atoms with Gasteiger partial charge in [-0.3, -0.25) is 9.59 Å². The van der Waals surface area contributed by atoms with Crippen molar-refractivity contribution in [1.82, 2.24) is 9.62 Å². The van der Waals surface area contributed by atoms with Crippen molar-refractivity contribution in [2.75, 3.05) is 44.5 Å². The van der Waals surface area contributed by atoms with Crippen LogP contribution in [0.4, 0.5) is 5.69 Å². The van der Waals surface area contributed by atoms with Crippen LogP contribution in [-0.2, 0) is 32.6 Å². The normalized spacial score (nSPS) is 18.3. The highest BCUT2D eigenvalue weighted by Gasteiger charge is 2.35. The lowest BCUT2D eigenvalue weighted by Gasteiger charge is -2.29. The summed E-state index contributed by atoms with van der Waals surface area (Å²) in [5.41, 5.74) is 2.57. The van der Waals surface area contributed by atoms with Gasteiger partial charge >= 0.3 is 0 Å². The van der Waals surface area contributed by atoms with E-state index in [9.17, 15) is 18.0 Å². The molecule has 0 aromatic heterocycles. The number of hydrogen-bond donors (Lipinski definition) is 1. The minimum atomic E-state index is -3.59. The molecule has 0 radical (unpaired) electrons. The third kappa shape index (κ3) is 5.55. The van der Waals surface area contributed by atoms with E-state index < -0.39 is 15.9 Å². The quantitative estimate of drug-likeness (QED) is 0.571. The first-order valence-corrected chi connectivity index (χ1v) is 13.3. The van der Waals surface area contributed by atoms with E-state index in [0.29, 0.717) is 35.2 Å². The molecule has 4 rings (SSSR count). The van der Waals surface area contributed by atoms with E-state index in [1.54, 1.807) is 42.3 Å². The number of sulfonamides is 1. The summed E-state index contributed by atoms with van der Waals surface area (Å²) in [4.78, 5) is 26.6. The van der Waals surface area contributed by atoms with Crippen molar-refractivity contribution in [2.24, 2.45) is 5.92 Å². The Labute approximate surface area is 210 Å². The molecule has 2 heterocycles. The van der Waals surface area contributed by atoms with Gasteiger partial charge in [-0.05, 0) is 53.9 Å². The number of halogens is 1. The Hall–Kier alpha value is -2.82. The Kier molecular flexibility index (Phi) is 7.53. The second-order valence-corrected chi connectivity index (χ2v) is 11.1. The largest absolute Gasteiger partial charge is 0.493 e. The number of fused-ring (bicyclic) bond motifs is 1. The minimum absolute atomic E-state index is 0.0257. The van der Waals surface area contributed by atoms with Crippen molar-refractivity contribution in [2.45, 2.75) is 19.4 Å². The first-order chi connectivity index (χ1) is 16.7. The Bertz CT molecular complexity index is 1220. The number of carbonyl (C=O) groups is 2. The van der Waals surface area contributed by atoms with Crippen LogP contribution in [-0.4, -0.2) is 64.1 Å². The van der Waals surface area contributed by atoms with E-state index >= 15 is 0 Å². The Balaban J connectivity index is 1.31. The molecule has 2 amide bonds. The van der Waals surface area contributed by atoms with Gasteiger partial charge in [-0.1, -0.05) is 11.6 Å². The number of nitrogens with one attached hydrogen (secondary N) is 1. The number of amides is 2. The summed E-state index contributed by atoms with van der Waals surface area (Å²) in [5, 5.41) is 3.25. The van der Waals surface area contributed by atoms with E-state index in [1.807, 2.05) is 6.07 Å². The van der Waals surface area contributed by atoms with Crippen LogP contribution < -0.4 is 19.7 Å². The van der Waals surface area contributed by atoms with Gasteiger partial charge in [0.1, 0.15) is 0 Å². The summed E-state index contributed by atoms with van der Waals surface area (Å²) >= 11 is 5.90. The van der Waals surface area contributed by atoms with Gasteiger partial charge < -0.3 is 19.7 Å². The van der Waals surface area contributed by atoms with Crippen LogP contribution in [0.25, 0.3) is 0 Å². The molecule has 35 heavy (non-hydrogen) atoms. The molecule has 1 unspecified atom stereocenters. The standard InChI is InChI=1S/C24H28ClN3O6S/c1-33-21-11-16-7-9-27(14-17(16)12-22(21)34-2)35(31,32)10-8-26-24(30)18-13-23(29)28(15-18)20-5-3-19(25)4-6-20/h3-6,11-12,18H,7-10,13-15H2,1-2H3,(H,26,30). The van der Waals surface area contributed by atoms with Gasteiger partial charge in [0.15, 0.2) is 11.5 Å². The highest BCUT2D eigenvalue weighted by atomic mass is 35.5. The monoisotopic (exact) mass is 521 g/mol. The van der Waals surface area contributed by atoms with Crippen molar-refractivity contribution < 1.29 is 27.5 Å². The molecule has 1 fully saturated rings. The van der Waals surface area contributed by atoms with Crippen molar-refractivity contribution in [3.8, 4) is 11.5 Å². The molecule has 0 spiro atoms. The maximum Gasteiger partial charge on any atom is 0.227 e. The fourth-order valence-corrected chi connectivity index (χ4v) is 5.87. The lowest BCUT2D eigenvalue weighted by Crippen LogP contribution is -2.41. The van der Waals surface area contributed by atoms with Crippen LogP contribution in [0, 0.1) is 5.92 Å². The lowest BCUT2D eigenvalue weighted by molar-refractivity contribution is -0.126. The van der Waals surface area contributed by atoms with Gasteiger partial charge in [0.2, 0.25) is 21.8 Å². The van der Waals surface area contributed by atoms with Crippen LogP contribution in [0.5, 0.6) is 11.5 Å². The molecule has 9 nitrogen and oxygen atoms in total. The Morgan fingerprint density at radius 1 is 1.11 bits per heavy atom. The van der Waals surface area contributed by atoms with Crippen molar-refractivity contribution in [1.29, 1.82) is 0 Å². The summed E-state index contributed by atoms with van der Waals surface area (Å²) in [5.74, 6) is -0.0693. The average Bonchev–Trinajstić information content (AvgIpc) is 3.24. The number of nitrogens with zero attached hydrogens (tertiary/aromatic N) is 2. The zero-order valence-electron chi connectivity index (χ0n) is 19.6. The van der Waals surface area contributed by atoms with Gasteiger partial charge in [0.25, 0.3) is 0 Å². The van der Waals surface area contributed by atoms with E-state index in [4.69, 9.17) is 21.1 Å². The SMILES string of the molecule is COc1cc2c(cc1OC)CN(S(=O)(=O)CCNC(=O)C1CC(=O)N(c3ccc(Cl)cc3)C1)CC2. The van der Waals surface area contributed by atoms with Crippen molar-refractivity contribution >= 4 is 39.1 Å². The fourth-order valence-electron chi connectivity index (χ4n) is 4.43. The van der Waals surface area contributed by atoms with Gasteiger partial charge in [-0.2, -0.15) is 4.31 Å². The molecule has 2 aromatic rings. The molecule has 1 saturated heterocycles. The first-order valence-electron chi connectivity index (χ1n) is 11.3. The summed E-state index contributed by atoms with van der Waals surface area (Å²) in [7, 11) is -0.490. The summed E-state index contributed by atoms with van der Waals surface area (Å²) in [6.07, 6.45) is 0.640. The first kappa shape index (κ1) is 25.3. The molecule has 2 aliphatic heterocycles. The molecule has 0 bridgehead atoms. The van der Waals surface area contributed by atoms with E-state index in [0.717, 1.165) is 11.1 Å². The molecular weight excluding hydrogens is 494 g/mol. The fraction of sp³-hybridized carbons (Fsp3) is 0.417. The van der Waals surface area contributed by atoms with E-state index in [1.165, 1.54) is 11.4 Å². The number of ether oxygens (including phenoxy) is 2. The minimum Gasteiger partial charge on any atom is -0.493 e. The maximum atomic E-state index is 12.9. The van der Waals surface area contributed by atoms with Gasteiger partial charge in [0.05, 0.1) is 25.9 Å². The third-order valence-corrected chi connectivity index (χ3v) is 8.44. The van der Waals surface area contributed by atoms with Crippen molar-refractivity contribution in [3.63, 3.8) is 0 Å². The summed E-state index contributed by atoms with van der Waals surface area (Å²) in [6.45, 7) is 0.806. The van der Waals surface area contributed by atoms with Crippen LogP contribution in [0.1, 0.15) is 17.5 Å². The van der Waals surface area contributed by atoms with E-state index in [2.05, 4.69) is 5.32 Å². The Morgan fingerprint density at radius 2 is 1.77 bits per heavy atom. The highest BCUT2D eigenvalue weighted by Crippen LogP contribution is 2.34. The average molecular weight is 522 g/mol. The smallest absolute Gasteiger partial charge is 0.227 e. The molecule has 188 valence electrons. The second-order valence-electron chi connectivity index (χ2n) is 8.55. The second kappa shape index (κ2) is 10.4. The van der Waals surface area contributed by atoms with Crippen LogP contribution in [0.3, 0.4) is 0 Å². The number of rotatable bonds is 8. The number of carbonyl (C=O) groups excluding carboxylic acids is 2. The Morgan fingerprint density at radius 3 is 2.43 bits per heavy atom. The number of hydrogen-bond acceptors (Lipinski definition) is 6. The zero-order chi connectivity index (χ0) is 25.2. The zero-order valence-corrected chi connectivity index (χ0v) is 21.2.